The molecule has 0 unspecified atom stereocenters. The molecule has 0 spiro atoms. The molecule has 1 rings (SSSR count). The van der Waals surface area contributed by atoms with Crippen LogP contribution in [-0.2, 0) is 9.53 Å². The highest BCUT2D eigenvalue weighted by atomic mass is 16.5. The van der Waals surface area contributed by atoms with E-state index in [9.17, 15) is 4.79 Å². The molecule has 94 valence electrons. The van der Waals surface area contributed by atoms with Crippen LogP contribution in [0.5, 0.6) is 0 Å². The molecule has 16 heavy (non-hydrogen) atoms. The molecule has 1 aliphatic rings. The van der Waals surface area contributed by atoms with Gasteiger partial charge < -0.3 is 15.4 Å². The Balaban J connectivity index is 2.45. The lowest BCUT2D eigenvalue weighted by molar-refractivity contribution is -0.158. The average molecular weight is 228 g/mol. The second-order valence-corrected chi connectivity index (χ2v) is 4.77. The van der Waals surface area contributed by atoms with E-state index in [0.29, 0.717) is 12.8 Å². The Hall–Kier alpha value is -0.610. The summed E-state index contributed by atoms with van der Waals surface area (Å²) in [4.78, 5) is 14.2. The zero-order valence-electron chi connectivity index (χ0n) is 10.7. The Labute approximate surface area is 98.1 Å². The maximum absolute atomic E-state index is 11.9. The number of hydrogen-bond acceptors (Lipinski definition) is 4. The van der Waals surface area contributed by atoms with Crippen molar-refractivity contribution >= 4 is 5.97 Å². The number of hydrogen-bond donors (Lipinski definition) is 1. The first-order valence-corrected chi connectivity index (χ1v) is 6.20. The summed E-state index contributed by atoms with van der Waals surface area (Å²) in [7, 11) is 2.09. The molecule has 0 aromatic rings. The lowest BCUT2D eigenvalue weighted by Gasteiger charge is -2.32. The van der Waals surface area contributed by atoms with Crippen molar-refractivity contribution in [1.82, 2.24) is 4.90 Å². The van der Waals surface area contributed by atoms with Crippen molar-refractivity contribution in [3.05, 3.63) is 0 Å². The van der Waals surface area contributed by atoms with Crippen molar-refractivity contribution in [1.29, 1.82) is 0 Å². The molecule has 0 radical (unpaired) electrons. The van der Waals surface area contributed by atoms with Crippen LogP contribution < -0.4 is 5.73 Å². The highest BCUT2D eigenvalue weighted by Crippen LogP contribution is 2.18. The number of piperidine rings is 1. The number of ether oxygens (including phenoxy) is 1. The van der Waals surface area contributed by atoms with E-state index in [1.807, 2.05) is 13.8 Å². The van der Waals surface area contributed by atoms with Crippen LogP contribution >= 0.6 is 0 Å². The number of likely N-dealkylation sites (tertiary alicyclic amines) is 1. The maximum atomic E-state index is 11.9. The van der Waals surface area contributed by atoms with E-state index in [1.54, 1.807) is 0 Å². The number of carbonyl (C=O) groups excluding carboxylic acids is 1. The van der Waals surface area contributed by atoms with E-state index < -0.39 is 5.54 Å². The first kappa shape index (κ1) is 13.5. The first-order chi connectivity index (χ1) is 7.51. The van der Waals surface area contributed by atoms with Gasteiger partial charge in [0, 0.05) is 13.1 Å². The summed E-state index contributed by atoms with van der Waals surface area (Å²) in [6, 6.07) is 0. The van der Waals surface area contributed by atoms with Gasteiger partial charge in [0.15, 0.2) is 0 Å². The standard InChI is InChI=1S/C12H24N2O2/c1-4-12(13,5-2)11(15)16-10-6-8-14(3)9-7-10/h10H,4-9,13H2,1-3H3. The van der Waals surface area contributed by atoms with E-state index in [0.717, 1.165) is 25.9 Å². The largest absolute Gasteiger partial charge is 0.461 e. The quantitative estimate of drug-likeness (QED) is 0.733. The third-order valence-corrected chi connectivity index (χ3v) is 3.61. The molecule has 2 N–H and O–H groups in total. The average Bonchev–Trinajstić information content (AvgIpc) is 2.31. The molecule has 0 aromatic heterocycles. The number of esters is 1. The van der Waals surface area contributed by atoms with Crippen LogP contribution in [-0.4, -0.2) is 42.6 Å². The van der Waals surface area contributed by atoms with Crippen LogP contribution in [0.25, 0.3) is 0 Å². The van der Waals surface area contributed by atoms with E-state index in [1.165, 1.54) is 0 Å². The van der Waals surface area contributed by atoms with Crippen LogP contribution in [0.2, 0.25) is 0 Å². The minimum atomic E-state index is -0.788. The van der Waals surface area contributed by atoms with Crippen LogP contribution in [0.4, 0.5) is 0 Å². The highest BCUT2D eigenvalue weighted by Gasteiger charge is 2.34. The Morgan fingerprint density at radius 1 is 1.38 bits per heavy atom. The van der Waals surface area contributed by atoms with Gasteiger partial charge in [0.25, 0.3) is 0 Å². The summed E-state index contributed by atoms with van der Waals surface area (Å²) < 4.78 is 5.50. The third kappa shape index (κ3) is 3.19. The second-order valence-electron chi connectivity index (χ2n) is 4.77. The van der Waals surface area contributed by atoms with Gasteiger partial charge in [-0.05, 0) is 32.7 Å². The first-order valence-electron chi connectivity index (χ1n) is 6.20. The predicted octanol–water partition coefficient (Wildman–Crippen LogP) is 1.14. The Morgan fingerprint density at radius 3 is 2.31 bits per heavy atom. The molecule has 1 saturated heterocycles. The van der Waals surface area contributed by atoms with Crippen LogP contribution in [0, 0.1) is 0 Å². The van der Waals surface area contributed by atoms with Gasteiger partial charge in [0.1, 0.15) is 11.6 Å². The number of rotatable bonds is 4. The molecule has 0 amide bonds. The molecular formula is C12H24N2O2. The van der Waals surface area contributed by atoms with Crippen molar-refractivity contribution in [3.8, 4) is 0 Å². The van der Waals surface area contributed by atoms with E-state index in [-0.39, 0.29) is 12.1 Å². The molecule has 0 aliphatic carbocycles. The maximum Gasteiger partial charge on any atom is 0.326 e. The molecule has 0 atom stereocenters. The summed E-state index contributed by atoms with van der Waals surface area (Å²) in [5, 5.41) is 0. The summed E-state index contributed by atoms with van der Waals surface area (Å²) >= 11 is 0. The molecule has 0 aromatic carbocycles. The lowest BCUT2D eigenvalue weighted by Crippen LogP contribution is -2.50. The Morgan fingerprint density at radius 2 is 1.88 bits per heavy atom. The molecular weight excluding hydrogens is 204 g/mol. The SMILES string of the molecule is CCC(N)(CC)C(=O)OC1CCN(C)CC1. The summed E-state index contributed by atoms with van der Waals surface area (Å²) in [5.41, 5.74) is 5.21. The number of nitrogens with two attached hydrogens (primary N) is 1. The van der Waals surface area contributed by atoms with Gasteiger partial charge in [-0.2, -0.15) is 0 Å². The van der Waals surface area contributed by atoms with Gasteiger partial charge in [-0.25, -0.2) is 0 Å². The minimum absolute atomic E-state index is 0.0599. The van der Waals surface area contributed by atoms with Crippen molar-refractivity contribution in [3.63, 3.8) is 0 Å². The van der Waals surface area contributed by atoms with Gasteiger partial charge in [0.05, 0.1) is 0 Å². The van der Waals surface area contributed by atoms with Crippen LogP contribution in [0.1, 0.15) is 39.5 Å². The van der Waals surface area contributed by atoms with Gasteiger partial charge >= 0.3 is 5.97 Å². The zero-order chi connectivity index (χ0) is 12.2. The van der Waals surface area contributed by atoms with Gasteiger partial charge in [-0.15, -0.1) is 0 Å². The van der Waals surface area contributed by atoms with Crippen molar-refractivity contribution in [2.24, 2.45) is 5.73 Å². The predicted molar refractivity (Wildman–Crippen MR) is 64.1 cm³/mol. The van der Waals surface area contributed by atoms with Crippen molar-refractivity contribution in [2.45, 2.75) is 51.2 Å². The minimum Gasteiger partial charge on any atom is -0.461 e. The van der Waals surface area contributed by atoms with E-state index in [4.69, 9.17) is 10.5 Å². The smallest absolute Gasteiger partial charge is 0.326 e. The van der Waals surface area contributed by atoms with Crippen LogP contribution in [0.3, 0.4) is 0 Å². The molecule has 0 saturated carbocycles. The fourth-order valence-corrected chi connectivity index (χ4v) is 1.91. The number of nitrogens with zero attached hydrogens (tertiary/aromatic N) is 1. The number of carbonyl (C=O) groups is 1. The molecule has 1 fully saturated rings. The third-order valence-electron chi connectivity index (χ3n) is 3.61. The zero-order valence-corrected chi connectivity index (χ0v) is 10.7. The highest BCUT2D eigenvalue weighted by molar-refractivity contribution is 5.80. The molecule has 1 aliphatic heterocycles. The Kier molecular flexibility index (Phi) is 4.74. The summed E-state index contributed by atoms with van der Waals surface area (Å²) in [6.07, 6.45) is 3.17. The molecule has 1 heterocycles. The summed E-state index contributed by atoms with van der Waals surface area (Å²) in [5.74, 6) is -0.230. The van der Waals surface area contributed by atoms with Crippen molar-refractivity contribution in [2.75, 3.05) is 20.1 Å². The van der Waals surface area contributed by atoms with E-state index >= 15 is 0 Å². The van der Waals surface area contributed by atoms with Crippen LogP contribution in [0.15, 0.2) is 0 Å². The van der Waals surface area contributed by atoms with Gasteiger partial charge in [-0.1, -0.05) is 13.8 Å². The monoisotopic (exact) mass is 228 g/mol. The topological polar surface area (TPSA) is 55.6 Å². The normalized spacial score (nSPS) is 19.8. The van der Waals surface area contributed by atoms with Crippen molar-refractivity contribution < 1.29 is 9.53 Å². The summed E-state index contributed by atoms with van der Waals surface area (Å²) in [6.45, 7) is 5.85. The van der Waals surface area contributed by atoms with Gasteiger partial charge in [0.2, 0.25) is 0 Å². The van der Waals surface area contributed by atoms with Gasteiger partial charge in [-0.3, -0.25) is 4.79 Å². The Bertz CT molecular complexity index is 231. The molecule has 4 nitrogen and oxygen atoms in total. The molecule has 4 heteroatoms. The van der Waals surface area contributed by atoms with E-state index in [2.05, 4.69) is 11.9 Å². The fraction of sp³-hybridized carbons (Fsp3) is 0.917. The lowest BCUT2D eigenvalue weighted by atomic mass is 9.94. The fourth-order valence-electron chi connectivity index (χ4n) is 1.91. The second kappa shape index (κ2) is 5.64. The molecule has 0 bridgehead atoms.